The van der Waals surface area contributed by atoms with Gasteiger partial charge in [0.1, 0.15) is 17.3 Å². The van der Waals surface area contributed by atoms with E-state index in [1.54, 1.807) is 30.2 Å². The van der Waals surface area contributed by atoms with Gasteiger partial charge < -0.3 is 14.6 Å². The van der Waals surface area contributed by atoms with Crippen molar-refractivity contribution in [2.75, 3.05) is 11.9 Å². The molecule has 1 aliphatic heterocycles. The van der Waals surface area contributed by atoms with Crippen molar-refractivity contribution in [1.29, 1.82) is 0 Å². The number of carbonyl (C=O) groups excluding carboxylic acids is 1. The topological polar surface area (TPSA) is 71.3 Å². The summed E-state index contributed by atoms with van der Waals surface area (Å²) in [4.78, 5) is 22.3. The van der Waals surface area contributed by atoms with Crippen molar-refractivity contribution >= 4 is 17.5 Å². The van der Waals surface area contributed by atoms with Crippen LogP contribution in [-0.4, -0.2) is 27.3 Å². The molecule has 1 N–H and O–H groups in total. The van der Waals surface area contributed by atoms with Crippen molar-refractivity contribution in [3.63, 3.8) is 0 Å². The average Bonchev–Trinajstić information content (AvgIpc) is 3.08. The van der Waals surface area contributed by atoms with Crippen molar-refractivity contribution in [3.8, 4) is 11.5 Å². The number of halogens is 1. The molecule has 2 aromatic heterocycles. The van der Waals surface area contributed by atoms with Crippen molar-refractivity contribution in [1.82, 2.24) is 14.9 Å². The molecule has 3 heterocycles. The Bertz CT molecular complexity index is 998. The second-order valence-corrected chi connectivity index (χ2v) is 6.61. The Balaban J connectivity index is 1.62. The lowest BCUT2D eigenvalue weighted by atomic mass is 10.1. The van der Waals surface area contributed by atoms with Crippen LogP contribution in [0, 0.1) is 12.7 Å². The molecule has 0 aliphatic carbocycles. The monoisotopic (exact) mass is 366 g/mol. The van der Waals surface area contributed by atoms with Crippen molar-refractivity contribution < 1.29 is 13.6 Å². The highest BCUT2D eigenvalue weighted by Crippen LogP contribution is 2.31. The number of benzene rings is 1. The lowest BCUT2D eigenvalue weighted by molar-refractivity contribution is -0.129. The van der Waals surface area contributed by atoms with Crippen LogP contribution in [0.3, 0.4) is 0 Å². The predicted octanol–water partition coefficient (Wildman–Crippen LogP) is 3.83. The minimum atomic E-state index is -0.299. The zero-order chi connectivity index (χ0) is 19.0. The SMILES string of the molecule is CC(=O)N1CCc2oc(-c3nc(Nc4ccc(F)cc4)ncc3C)cc2C1. The lowest BCUT2D eigenvalue weighted by Crippen LogP contribution is -2.33. The number of rotatable bonds is 3. The van der Waals surface area contributed by atoms with Gasteiger partial charge in [-0.2, -0.15) is 0 Å². The quantitative estimate of drug-likeness (QED) is 0.763. The van der Waals surface area contributed by atoms with Crippen LogP contribution < -0.4 is 5.32 Å². The van der Waals surface area contributed by atoms with Crippen LogP contribution in [0.15, 0.2) is 40.9 Å². The highest BCUT2D eigenvalue weighted by molar-refractivity contribution is 5.73. The average molecular weight is 366 g/mol. The normalized spacial score (nSPS) is 13.4. The number of aryl methyl sites for hydroxylation is 1. The van der Waals surface area contributed by atoms with Crippen LogP contribution in [0.1, 0.15) is 23.8 Å². The summed E-state index contributed by atoms with van der Waals surface area (Å²) in [5.41, 5.74) is 3.28. The summed E-state index contributed by atoms with van der Waals surface area (Å²) < 4.78 is 19.1. The first-order valence-corrected chi connectivity index (χ1v) is 8.73. The minimum Gasteiger partial charge on any atom is -0.459 e. The number of anilines is 2. The van der Waals surface area contributed by atoms with Crippen molar-refractivity contribution in [3.05, 3.63) is 59.2 Å². The molecule has 0 atom stereocenters. The summed E-state index contributed by atoms with van der Waals surface area (Å²) in [7, 11) is 0. The number of amides is 1. The fourth-order valence-corrected chi connectivity index (χ4v) is 3.13. The molecule has 4 rings (SSSR count). The number of carbonyl (C=O) groups is 1. The second kappa shape index (κ2) is 6.83. The van der Waals surface area contributed by atoms with Crippen LogP contribution in [0.5, 0.6) is 0 Å². The Hall–Kier alpha value is -3.22. The van der Waals surface area contributed by atoms with Gasteiger partial charge in [-0.3, -0.25) is 4.79 Å². The molecule has 0 spiro atoms. The van der Waals surface area contributed by atoms with Gasteiger partial charge in [0, 0.05) is 43.9 Å². The molecule has 0 saturated carbocycles. The molecule has 138 valence electrons. The van der Waals surface area contributed by atoms with Crippen LogP contribution in [0.4, 0.5) is 16.0 Å². The summed E-state index contributed by atoms with van der Waals surface area (Å²) in [5, 5.41) is 3.07. The van der Waals surface area contributed by atoms with Crippen molar-refractivity contribution in [2.24, 2.45) is 0 Å². The number of nitrogens with zero attached hydrogens (tertiary/aromatic N) is 3. The molecule has 1 amide bonds. The third-order valence-corrected chi connectivity index (χ3v) is 4.62. The molecule has 27 heavy (non-hydrogen) atoms. The van der Waals surface area contributed by atoms with Gasteiger partial charge in [-0.1, -0.05) is 0 Å². The van der Waals surface area contributed by atoms with E-state index in [4.69, 9.17) is 4.42 Å². The maximum Gasteiger partial charge on any atom is 0.227 e. The van der Waals surface area contributed by atoms with E-state index >= 15 is 0 Å². The maximum absolute atomic E-state index is 13.1. The van der Waals surface area contributed by atoms with E-state index in [1.165, 1.54) is 12.1 Å². The van der Waals surface area contributed by atoms with E-state index in [2.05, 4.69) is 15.3 Å². The van der Waals surface area contributed by atoms with E-state index in [-0.39, 0.29) is 11.7 Å². The second-order valence-electron chi connectivity index (χ2n) is 6.61. The summed E-state index contributed by atoms with van der Waals surface area (Å²) in [6.45, 7) is 4.71. The molecule has 7 heteroatoms. The number of fused-ring (bicyclic) bond motifs is 1. The van der Waals surface area contributed by atoms with E-state index in [0.29, 0.717) is 42.6 Å². The van der Waals surface area contributed by atoms with Gasteiger partial charge >= 0.3 is 0 Å². The molecule has 0 radical (unpaired) electrons. The molecule has 1 aromatic carbocycles. The molecular weight excluding hydrogens is 347 g/mol. The Morgan fingerprint density at radius 3 is 2.81 bits per heavy atom. The van der Waals surface area contributed by atoms with Gasteiger partial charge in [0.15, 0.2) is 5.76 Å². The van der Waals surface area contributed by atoms with E-state index in [9.17, 15) is 9.18 Å². The van der Waals surface area contributed by atoms with Crippen molar-refractivity contribution in [2.45, 2.75) is 26.8 Å². The summed E-state index contributed by atoms with van der Waals surface area (Å²) in [6.07, 6.45) is 2.41. The first-order valence-electron chi connectivity index (χ1n) is 8.73. The highest BCUT2D eigenvalue weighted by atomic mass is 19.1. The van der Waals surface area contributed by atoms with Gasteiger partial charge in [-0.05, 0) is 42.8 Å². The van der Waals surface area contributed by atoms with Gasteiger partial charge in [0.25, 0.3) is 0 Å². The van der Waals surface area contributed by atoms with Gasteiger partial charge in [0.05, 0.1) is 0 Å². The summed E-state index contributed by atoms with van der Waals surface area (Å²) in [5.74, 6) is 1.72. The Morgan fingerprint density at radius 1 is 1.30 bits per heavy atom. The molecule has 1 aliphatic rings. The molecular formula is C20H19FN4O2. The van der Waals surface area contributed by atoms with Crippen LogP contribution in [0.2, 0.25) is 0 Å². The Kier molecular flexibility index (Phi) is 4.35. The zero-order valence-electron chi connectivity index (χ0n) is 15.1. The largest absolute Gasteiger partial charge is 0.459 e. The Morgan fingerprint density at radius 2 is 2.07 bits per heavy atom. The van der Waals surface area contributed by atoms with Crippen LogP contribution in [0.25, 0.3) is 11.5 Å². The fraction of sp³-hybridized carbons (Fsp3) is 0.250. The van der Waals surface area contributed by atoms with Gasteiger partial charge in [-0.25, -0.2) is 14.4 Å². The molecule has 6 nitrogen and oxygen atoms in total. The highest BCUT2D eigenvalue weighted by Gasteiger charge is 2.23. The first-order chi connectivity index (χ1) is 13.0. The molecule has 0 unspecified atom stereocenters. The number of nitrogens with one attached hydrogen (secondary N) is 1. The number of hydrogen-bond donors (Lipinski definition) is 1. The third-order valence-electron chi connectivity index (χ3n) is 4.62. The lowest BCUT2D eigenvalue weighted by Gasteiger charge is -2.24. The molecule has 0 bridgehead atoms. The number of aromatic nitrogens is 2. The van der Waals surface area contributed by atoms with Gasteiger partial charge in [0.2, 0.25) is 11.9 Å². The van der Waals surface area contributed by atoms with E-state index < -0.39 is 0 Å². The first kappa shape index (κ1) is 17.2. The fourth-order valence-electron chi connectivity index (χ4n) is 3.13. The Labute approximate surface area is 156 Å². The number of furan rings is 1. The van der Waals surface area contributed by atoms with Crippen LogP contribution in [-0.2, 0) is 17.8 Å². The molecule has 0 saturated heterocycles. The predicted molar refractivity (Wildman–Crippen MR) is 98.9 cm³/mol. The smallest absolute Gasteiger partial charge is 0.227 e. The summed E-state index contributed by atoms with van der Waals surface area (Å²) >= 11 is 0. The maximum atomic E-state index is 13.1. The van der Waals surface area contributed by atoms with E-state index in [1.807, 2.05) is 13.0 Å². The molecule has 0 fully saturated rings. The number of hydrogen-bond acceptors (Lipinski definition) is 5. The van der Waals surface area contributed by atoms with E-state index in [0.717, 1.165) is 16.9 Å². The minimum absolute atomic E-state index is 0.0624. The standard InChI is InChI=1S/C20H19FN4O2/c1-12-10-22-20(23-16-5-3-15(21)4-6-16)24-19(12)18-9-14-11-25(13(2)26)8-7-17(14)27-18/h3-6,9-10H,7-8,11H2,1-2H3,(H,22,23,24). The summed E-state index contributed by atoms with van der Waals surface area (Å²) in [6, 6.07) is 7.94. The molecule has 3 aromatic rings. The third kappa shape index (κ3) is 3.53. The van der Waals surface area contributed by atoms with Crippen LogP contribution >= 0.6 is 0 Å². The zero-order valence-corrected chi connectivity index (χ0v) is 15.1. The van der Waals surface area contributed by atoms with Gasteiger partial charge in [-0.15, -0.1) is 0 Å².